The van der Waals surface area contributed by atoms with Gasteiger partial charge in [0.25, 0.3) is 0 Å². The summed E-state index contributed by atoms with van der Waals surface area (Å²) < 4.78 is 1.72. The fourth-order valence-electron chi connectivity index (χ4n) is 5.53. The standard InChI is InChI=1S/C32H41N5O2/c1-8-12-13-16-26(11-4)37(32(6,7)22-24(5)23-35-20-18-33-30(35)38)29-21-28-27(15-10-3)25(14-9-2)17-19-36(28)31(39)34-29/h8-16,21,24H,1-4,17-20,22-23H2,5-7H3,(H,33,38)/b13-12-,25-14-,26-16+,27-15+. The van der Waals surface area contributed by atoms with Crippen LogP contribution in [0.1, 0.15) is 39.3 Å². The van der Waals surface area contributed by atoms with Gasteiger partial charge in [-0.1, -0.05) is 75.8 Å². The Balaban J connectivity index is 2.14. The van der Waals surface area contributed by atoms with Crippen LogP contribution >= 0.6 is 0 Å². The number of carbonyl (C=O) groups excluding carboxylic acids is 1. The maximum atomic E-state index is 13.4. The number of amides is 2. The molecule has 2 amide bonds. The van der Waals surface area contributed by atoms with Gasteiger partial charge in [-0.15, -0.1) is 0 Å². The Labute approximate surface area is 232 Å². The van der Waals surface area contributed by atoms with E-state index in [0.29, 0.717) is 38.4 Å². The number of carbonyl (C=O) groups is 1. The maximum absolute atomic E-state index is 13.4. The number of allylic oxidation sites excluding steroid dienone is 11. The van der Waals surface area contributed by atoms with Crippen LogP contribution in [-0.2, 0) is 6.54 Å². The summed E-state index contributed by atoms with van der Waals surface area (Å²) in [4.78, 5) is 34.1. The summed E-state index contributed by atoms with van der Waals surface area (Å²) in [6.45, 7) is 24.6. The highest BCUT2D eigenvalue weighted by molar-refractivity contribution is 5.81. The molecule has 0 radical (unpaired) electrons. The lowest BCUT2D eigenvalue weighted by Crippen LogP contribution is -2.47. The molecular weight excluding hydrogens is 486 g/mol. The van der Waals surface area contributed by atoms with Gasteiger partial charge in [0.15, 0.2) is 0 Å². The lowest BCUT2D eigenvalue weighted by Gasteiger charge is -2.42. The quantitative estimate of drug-likeness (QED) is 0.350. The summed E-state index contributed by atoms with van der Waals surface area (Å²) in [5, 5.41) is 2.87. The molecule has 1 aromatic rings. The smallest absolute Gasteiger partial charge is 0.336 e. The second-order valence-electron chi connectivity index (χ2n) is 10.5. The Morgan fingerprint density at radius 1 is 1.13 bits per heavy atom. The van der Waals surface area contributed by atoms with Gasteiger partial charge in [-0.25, -0.2) is 9.59 Å². The van der Waals surface area contributed by atoms with Gasteiger partial charge in [0.05, 0.1) is 5.69 Å². The normalized spacial score (nSPS) is 18.7. The number of urea groups is 1. The number of nitrogens with zero attached hydrogens (tertiary/aromatic N) is 4. The molecule has 7 heteroatoms. The molecule has 39 heavy (non-hydrogen) atoms. The Morgan fingerprint density at radius 2 is 1.87 bits per heavy atom. The number of anilines is 1. The molecule has 0 spiro atoms. The first kappa shape index (κ1) is 29.4. The first-order chi connectivity index (χ1) is 18.7. The number of hydrogen-bond acceptors (Lipinski definition) is 4. The summed E-state index contributed by atoms with van der Waals surface area (Å²) in [6.07, 6.45) is 18.0. The zero-order valence-electron chi connectivity index (χ0n) is 23.5. The van der Waals surface area contributed by atoms with Crippen LogP contribution in [0.25, 0.3) is 5.57 Å². The third-order valence-corrected chi connectivity index (χ3v) is 6.97. The first-order valence-corrected chi connectivity index (χ1v) is 13.4. The van der Waals surface area contributed by atoms with Gasteiger partial charge in [0.2, 0.25) is 0 Å². The van der Waals surface area contributed by atoms with Crippen LogP contribution in [0.5, 0.6) is 0 Å². The van der Waals surface area contributed by atoms with Gasteiger partial charge < -0.3 is 15.1 Å². The lowest BCUT2D eigenvalue weighted by molar-refractivity contribution is 0.204. The molecular formula is C32H41N5O2. The SMILES string of the molecule is C=C/C=C\C=C(/C=C)N(c1cc2n(c(=O)n1)CCC(=C/C=C)/C2=C\C=C)C(C)(C)CC(C)CN1CCNC1=O. The van der Waals surface area contributed by atoms with Crippen molar-refractivity contribution in [2.24, 2.45) is 5.92 Å². The van der Waals surface area contributed by atoms with Gasteiger partial charge in [0, 0.05) is 49.1 Å². The second kappa shape index (κ2) is 13.1. The van der Waals surface area contributed by atoms with Crippen LogP contribution in [0.2, 0.25) is 0 Å². The Hall–Kier alpha value is -4.13. The summed E-state index contributed by atoms with van der Waals surface area (Å²) in [5.74, 6) is 0.730. The molecule has 7 nitrogen and oxygen atoms in total. The van der Waals surface area contributed by atoms with Crippen molar-refractivity contribution in [1.29, 1.82) is 0 Å². The van der Waals surface area contributed by atoms with Crippen molar-refractivity contribution in [1.82, 2.24) is 19.8 Å². The number of hydrogen-bond donors (Lipinski definition) is 1. The molecule has 1 unspecified atom stereocenters. The highest BCUT2D eigenvalue weighted by Crippen LogP contribution is 2.36. The van der Waals surface area contributed by atoms with E-state index in [0.717, 1.165) is 29.0 Å². The van der Waals surface area contributed by atoms with Crippen LogP contribution in [0.15, 0.2) is 103 Å². The first-order valence-electron chi connectivity index (χ1n) is 13.4. The molecule has 1 fully saturated rings. The van der Waals surface area contributed by atoms with Gasteiger partial charge in [-0.3, -0.25) is 4.57 Å². The lowest BCUT2D eigenvalue weighted by atomic mass is 9.88. The van der Waals surface area contributed by atoms with E-state index in [1.54, 1.807) is 28.9 Å². The third-order valence-electron chi connectivity index (χ3n) is 6.97. The Morgan fingerprint density at radius 3 is 2.49 bits per heavy atom. The largest absolute Gasteiger partial charge is 0.350 e. The van der Waals surface area contributed by atoms with E-state index in [1.165, 1.54) is 0 Å². The van der Waals surface area contributed by atoms with E-state index >= 15 is 0 Å². The van der Waals surface area contributed by atoms with Crippen molar-refractivity contribution in [3.05, 3.63) is 115 Å². The molecule has 0 bridgehead atoms. The fraction of sp³-hybridized carbons (Fsp3) is 0.344. The van der Waals surface area contributed by atoms with Crippen molar-refractivity contribution in [3.63, 3.8) is 0 Å². The van der Waals surface area contributed by atoms with Crippen LogP contribution in [0, 0.1) is 5.92 Å². The Bertz CT molecular complexity index is 1310. The molecule has 206 valence electrons. The van der Waals surface area contributed by atoms with E-state index in [4.69, 9.17) is 0 Å². The van der Waals surface area contributed by atoms with Crippen LogP contribution in [0.3, 0.4) is 0 Å². The molecule has 2 aliphatic rings. The van der Waals surface area contributed by atoms with Crippen LogP contribution in [0.4, 0.5) is 10.6 Å². The molecule has 1 aromatic heterocycles. The number of aromatic nitrogens is 2. The topological polar surface area (TPSA) is 70.5 Å². The van der Waals surface area contributed by atoms with Gasteiger partial charge in [-0.2, -0.15) is 4.98 Å². The van der Waals surface area contributed by atoms with Crippen molar-refractivity contribution in [2.45, 2.75) is 45.7 Å². The molecule has 2 aliphatic heterocycles. The molecule has 1 atom stereocenters. The van der Waals surface area contributed by atoms with Crippen molar-refractivity contribution >= 4 is 17.4 Å². The molecule has 1 N–H and O–H groups in total. The highest BCUT2D eigenvalue weighted by atomic mass is 16.2. The zero-order valence-corrected chi connectivity index (χ0v) is 23.5. The van der Waals surface area contributed by atoms with Crippen molar-refractivity contribution in [3.8, 4) is 0 Å². The Kier molecular flexibility index (Phi) is 9.88. The number of nitrogens with one attached hydrogen (secondary N) is 1. The zero-order chi connectivity index (χ0) is 28.6. The van der Waals surface area contributed by atoms with E-state index in [9.17, 15) is 9.59 Å². The summed E-state index contributed by atoms with van der Waals surface area (Å²) >= 11 is 0. The minimum atomic E-state index is -0.479. The summed E-state index contributed by atoms with van der Waals surface area (Å²) in [7, 11) is 0. The fourth-order valence-corrected chi connectivity index (χ4v) is 5.53. The third kappa shape index (κ3) is 6.85. The van der Waals surface area contributed by atoms with E-state index in [2.05, 4.69) is 62.3 Å². The predicted molar refractivity (Wildman–Crippen MR) is 162 cm³/mol. The van der Waals surface area contributed by atoms with E-state index in [-0.39, 0.29) is 17.6 Å². The summed E-state index contributed by atoms with van der Waals surface area (Å²) in [6, 6.07) is 1.95. The summed E-state index contributed by atoms with van der Waals surface area (Å²) in [5.41, 5.74) is 2.83. The number of fused-ring (bicyclic) bond motifs is 1. The highest BCUT2D eigenvalue weighted by Gasteiger charge is 2.34. The van der Waals surface area contributed by atoms with Gasteiger partial charge >= 0.3 is 11.7 Å². The molecule has 3 heterocycles. The molecule has 1 saturated heterocycles. The van der Waals surface area contributed by atoms with Gasteiger partial charge in [-0.05, 0) is 50.3 Å². The average molecular weight is 528 g/mol. The predicted octanol–water partition coefficient (Wildman–Crippen LogP) is 5.78. The minimum Gasteiger partial charge on any atom is -0.336 e. The molecule has 3 rings (SSSR count). The van der Waals surface area contributed by atoms with Crippen molar-refractivity contribution < 1.29 is 4.79 Å². The average Bonchev–Trinajstić information content (AvgIpc) is 3.28. The van der Waals surface area contributed by atoms with Crippen LogP contribution < -0.4 is 15.9 Å². The maximum Gasteiger partial charge on any atom is 0.350 e. The molecule has 0 aliphatic carbocycles. The minimum absolute atomic E-state index is 0.0213. The van der Waals surface area contributed by atoms with Crippen LogP contribution in [-0.4, -0.2) is 45.7 Å². The van der Waals surface area contributed by atoms with Gasteiger partial charge in [0.1, 0.15) is 5.82 Å². The van der Waals surface area contributed by atoms with Crippen molar-refractivity contribution in [2.75, 3.05) is 24.5 Å². The molecule has 0 saturated carbocycles. The van der Waals surface area contributed by atoms with E-state index in [1.807, 2.05) is 41.3 Å². The van der Waals surface area contributed by atoms with E-state index < -0.39 is 5.54 Å². The number of rotatable bonds is 12. The second-order valence-corrected chi connectivity index (χ2v) is 10.5. The monoisotopic (exact) mass is 527 g/mol. The molecule has 0 aromatic carbocycles.